The molecule has 0 unspecified atom stereocenters. The van der Waals surface area contributed by atoms with Crippen molar-refractivity contribution in [2.75, 3.05) is 7.11 Å². The van der Waals surface area contributed by atoms with E-state index in [1.54, 1.807) is 7.11 Å². The molecule has 0 saturated heterocycles. The summed E-state index contributed by atoms with van der Waals surface area (Å²) in [4.78, 5) is 10.3. The zero-order valence-electron chi connectivity index (χ0n) is 9.15. The van der Waals surface area contributed by atoms with E-state index in [-0.39, 0.29) is 6.54 Å². The van der Waals surface area contributed by atoms with E-state index in [1.807, 2.05) is 26.0 Å². The van der Waals surface area contributed by atoms with E-state index in [9.17, 15) is 4.79 Å². The maximum Gasteiger partial charge on any atom is 0.233 e. The maximum absolute atomic E-state index is 10.3. The van der Waals surface area contributed by atoms with Gasteiger partial charge in [-0.1, -0.05) is 12.1 Å². The van der Waals surface area contributed by atoms with Crippen LogP contribution in [0.4, 0.5) is 0 Å². The van der Waals surface area contributed by atoms with Gasteiger partial charge in [-0.05, 0) is 30.5 Å². The molecule has 0 aromatic heterocycles. The number of carbonyl (C=O) groups excluding carboxylic acids is 1. The standard InChI is InChI=1S/C11H15NO3/c1-8-4-10(6-12(14)7-13)5-9(2)11(8)15-3/h4-5,7,14H,6H2,1-3H3. The molecule has 4 nitrogen and oxygen atoms in total. The summed E-state index contributed by atoms with van der Waals surface area (Å²) in [5.74, 6) is 0.842. The van der Waals surface area contributed by atoms with Crippen molar-refractivity contribution >= 4 is 6.41 Å². The molecule has 4 heteroatoms. The quantitative estimate of drug-likeness (QED) is 0.466. The van der Waals surface area contributed by atoms with Gasteiger partial charge in [0, 0.05) is 0 Å². The van der Waals surface area contributed by atoms with Gasteiger partial charge in [0.2, 0.25) is 6.41 Å². The summed E-state index contributed by atoms with van der Waals surface area (Å²) in [5, 5.41) is 9.67. The Bertz CT molecular complexity index is 340. The van der Waals surface area contributed by atoms with Crippen LogP contribution in [0.5, 0.6) is 5.75 Å². The van der Waals surface area contributed by atoms with Gasteiger partial charge in [0.25, 0.3) is 0 Å². The van der Waals surface area contributed by atoms with Crippen LogP contribution in [0.15, 0.2) is 12.1 Å². The van der Waals surface area contributed by atoms with Crippen molar-refractivity contribution in [1.82, 2.24) is 5.06 Å². The molecular formula is C11H15NO3. The van der Waals surface area contributed by atoms with Crippen molar-refractivity contribution in [1.29, 1.82) is 0 Å². The zero-order chi connectivity index (χ0) is 11.4. The van der Waals surface area contributed by atoms with E-state index >= 15 is 0 Å². The normalized spacial score (nSPS) is 9.87. The number of methoxy groups -OCH3 is 1. The Balaban J connectivity index is 2.98. The molecule has 0 bridgehead atoms. The third-order valence-corrected chi connectivity index (χ3v) is 2.19. The number of benzene rings is 1. The molecule has 1 aromatic carbocycles. The summed E-state index contributed by atoms with van der Waals surface area (Å²) in [6, 6.07) is 3.77. The molecule has 1 N–H and O–H groups in total. The molecular weight excluding hydrogens is 194 g/mol. The lowest BCUT2D eigenvalue weighted by molar-refractivity contribution is -0.152. The number of hydroxylamine groups is 2. The molecule has 1 amide bonds. The number of ether oxygens (including phenoxy) is 1. The van der Waals surface area contributed by atoms with Crippen LogP contribution in [0.3, 0.4) is 0 Å². The highest BCUT2D eigenvalue weighted by molar-refractivity contribution is 5.47. The molecule has 0 saturated carbocycles. The maximum atomic E-state index is 10.3. The molecule has 82 valence electrons. The molecule has 0 atom stereocenters. The van der Waals surface area contributed by atoms with Crippen molar-refractivity contribution in [3.8, 4) is 5.75 Å². The fraction of sp³-hybridized carbons (Fsp3) is 0.364. The van der Waals surface area contributed by atoms with E-state index in [4.69, 9.17) is 9.94 Å². The third kappa shape index (κ3) is 2.70. The molecule has 1 rings (SSSR count). The summed E-state index contributed by atoms with van der Waals surface area (Å²) < 4.78 is 5.22. The molecule has 0 aliphatic rings. The Morgan fingerprint density at radius 2 is 1.93 bits per heavy atom. The SMILES string of the molecule is COc1c(C)cc(CN(O)C=O)cc1C. The number of amides is 1. The monoisotopic (exact) mass is 209 g/mol. The number of hydrogen-bond acceptors (Lipinski definition) is 3. The van der Waals surface area contributed by atoms with Gasteiger partial charge in [-0.2, -0.15) is 0 Å². The van der Waals surface area contributed by atoms with Crippen molar-refractivity contribution < 1.29 is 14.7 Å². The minimum Gasteiger partial charge on any atom is -0.496 e. The Kier molecular flexibility index (Phi) is 3.68. The van der Waals surface area contributed by atoms with Gasteiger partial charge in [-0.3, -0.25) is 10.0 Å². The first-order chi connectivity index (χ1) is 7.08. The molecule has 0 spiro atoms. The van der Waals surface area contributed by atoms with Gasteiger partial charge in [0.1, 0.15) is 5.75 Å². The summed E-state index contributed by atoms with van der Waals surface area (Å²) in [5.41, 5.74) is 2.86. The number of aryl methyl sites for hydroxylation is 2. The second-order valence-corrected chi connectivity index (χ2v) is 3.47. The average Bonchev–Trinajstić information content (AvgIpc) is 2.17. The number of hydrogen-bond donors (Lipinski definition) is 1. The summed E-state index contributed by atoms with van der Waals surface area (Å²) in [6.07, 6.45) is 0.384. The fourth-order valence-corrected chi connectivity index (χ4v) is 1.68. The number of nitrogens with zero attached hydrogens (tertiary/aromatic N) is 1. The minimum atomic E-state index is 0.190. The van der Waals surface area contributed by atoms with E-state index in [2.05, 4.69) is 0 Å². The van der Waals surface area contributed by atoms with Crippen LogP contribution >= 0.6 is 0 Å². The highest BCUT2D eigenvalue weighted by Gasteiger charge is 2.06. The van der Waals surface area contributed by atoms with Crippen LogP contribution in [-0.2, 0) is 11.3 Å². The van der Waals surface area contributed by atoms with Crippen molar-refractivity contribution in [3.63, 3.8) is 0 Å². The molecule has 0 aliphatic heterocycles. The summed E-state index contributed by atoms with van der Waals surface area (Å²) in [6.45, 7) is 4.05. The molecule has 0 fully saturated rings. The van der Waals surface area contributed by atoms with Crippen LogP contribution in [0, 0.1) is 13.8 Å². The molecule has 0 heterocycles. The van der Waals surface area contributed by atoms with Crippen molar-refractivity contribution in [2.24, 2.45) is 0 Å². The lowest BCUT2D eigenvalue weighted by atomic mass is 10.1. The van der Waals surface area contributed by atoms with Crippen LogP contribution < -0.4 is 4.74 Å². The Morgan fingerprint density at radius 1 is 1.40 bits per heavy atom. The van der Waals surface area contributed by atoms with Gasteiger partial charge in [0.15, 0.2) is 0 Å². The van der Waals surface area contributed by atoms with Crippen molar-refractivity contribution in [2.45, 2.75) is 20.4 Å². The Labute approximate surface area is 89.0 Å². The first-order valence-electron chi connectivity index (χ1n) is 4.63. The Morgan fingerprint density at radius 3 is 2.33 bits per heavy atom. The first-order valence-corrected chi connectivity index (χ1v) is 4.63. The lowest BCUT2D eigenvalue weighted by Gasteiger charge is -2.13. The van der Waals surface area contributed by atoms with E-state index in [0.29, 0.717) is 11.5 Å². The first kappa shape index (κ1) is 11.5. The van der Waals surface area contributed by atoms with Crippen LogP contribution in [0.25, 0.3) is 0 Å². The van der Waals surface area contributed by atoms with Gasteiger partial charge in [0.05, 0.1) is 13.7 Å². The average molecular weight is 209 g/mol. The fourth-order valence-electron chi connectivity index (χ4n) is 1.68. The Hall–Kier alpha value is -1.55. The predicted molar refractivity (Wildman–Crippen MR) is 55.9 cm³/mol. The van der Waals surface area contributed by atoms with Gasteiger partial charge >= 0.3 is 0 Å². The molecule has 1 aromatic rings. The van der Waals surface area contributed by atoms with Gasteiger partial charge < -0.3 is 4.74 Å². The summed E-state index contributed by atoms with van der Waals surface area (Å²) >= 11 is 0. The zero-order valence-corrected chi connectivity index (χ0v) is 9.15. The number of rotatable bonds is 4. The second kappa shape index (κ2) is 4.79. The minimum absolute atomic E-state index is 0.190. The second-order valence-electron chi connectivity index (χ2n) is 3.47. The summed E-state index contributed by atoms with van der Waals surface area (Å²) in [7, 11) is 1.62. The predicted octanol–water partition coefficient (Wildman–Crippen LogP) is 1.66. The third-order valence-electron chi connectivity index (χ3n) is 2.19. The molecule has 15 heavy (non-hydrogen) atoms. The van der Waals surface area contributed by atoms with Crippen molar-refractivity contribution in [3.05, 3.63) is 28.8 Å². The topological polar surface area (TPSA) is 49.8 Å². The highest BCUT2D eigenvalue weighted by Crippen LogP contribution is 2.24. The van der Waals surface area contributed by atoms with E-state index in [0.717, 1.165) is 22.4 Å². The molecule has 0 radical (unpaired) electrons. The highest BCUT2D eigenvalue weighted by atomic mass is 16.5. The van der Waals surface area contributed by atoms with Gasteiger partial charge in [-0.25, -0.2) is 5.06 Å². The van der Waals surface area contributed by atoms with E-state index in [1.165, 1.54) is 0 Å². The van der Waals surface area contributed by atoms with E-state index < -0.39 is 0 Å². The van der Waals surface area contributed by atoms with Gasteiger partial charge in [-0.15, -0.1) is 0 Å². The van der Waals surface area contributed by atoms with Crippen LogP contribution in [0.2, 0.25) is 0 Å². The lowest BCUT2D eigenvalue weighted by Crippen LogP contribution is -2.16. The largest absolute Gasteiger partial charge is 0.496 e. The molecule has 0 aliphatic carbocycles. The van der Waals surface area contributed by atoms with Crippen LogP contribution in [0.1, 0.15) is 16.7 Å². The number of carbonyl (C=O) groups is 1. The van der Waals surface area contributed by atoms with Crippen LogP contribution in [-0.4, -0.2) is 23.8 Å². The smallest absolute Gasteiger partial charge is 0.233 e.